The van der Waals surface area contributed by atoms with Crippen LogP contribution in [0.5, 0.6) is 0 Å². The van der Waals surface area contributed by atoms with Gasteiger partial charge in [-0.2, -0.15) is 0 Å². The third kappa shape index (κ3) is 5.21. The van der Waals surface area contributed by atoms with Crippen molar-refractivity contribution in [2.75, 3.05) is 12.4 Å². The van der Waals surface area contributed by atoms with Gasteiger partial charge in [-0.15, -0.1) is 0 Å². The lowest BCUT2D eigenvalue weighted by atomic mass is 10.0. The number of nitrogens with two attached hydrogens (primary N) is 1. The summed E-state index contributed by atoms with van der Waals surface area (Å²) in [6.45, 7) is 1.74. The summed E-state index contributed by atoms with van der Waals surface area (Å²) in [5.41, 5.74) is 10.1. The zero-order valence-corrected chi connectivity index (χ0v) is 22.9. The van der Waals surface area contributed by atoms with Gasteiger partial charge in [0.15, 0.2) is 0 Å². The first-order valence-corrected chi connectivity index (χ1v) is 14.2. The molecule has 0 aliphatic heterocycles. The fourth-order valence-electron chi connectivity index (χ4n) is 4.80. The van der Waals surface area contributed by atoms with Crippen LogP contribution < -0.4 is 11.1 Å². The van der Waals surface area contributed by atoms with Crippen LogP contribution in [0.3, 0.4) is 0 Å². The zero-order valence-electron chi connectivity index (χ0n) is 22.1. The van der Waals surface area contributed by atoms with E-state index in [-0.39, 0.29) is 28.0 Å². The van der Waals surface area contributed by atoms with E-state index in [1.807, 2.05) is 42.5 Å². The minimum absolute atomic E-state index is 0.0427. The van der Waals surface area contributed by atoms with E-state index in [4.69, 9.17) is 10.5 Å². The molecule has 5 rings (SSSR count). The number of aliphatic hydroxyl groups excluding tert-OH is 1. The van der Waals surface area contributed by atoms with E-state index >= 15 is 0 Å². The molecule has 1 aromatic heterocycles. The molecule has 1 unspecified atom stereocenters. The molecule has 8 nitrogen and oxygen atoms in total. The van der Waals surface area contributed by atoms with E-state index in [0.29, 0.717) is 28.6 Å². The van der Waals surface area contributed by atoms with Crippen LogP contribution in [0.25, 0.3) is 22.0 Å². The van der Waals surface area contributed by atoms with Crippen LogP contribution in [-0.4, -0.2) is 37.6 Å². The van der Waals surface area contributed by atoms with Crippen LogP contribution in [0, 0.1) is 6.92 Å². The standard InChI is InChI=1S/C31H29N3O5S/c1-19-14-26(40(37,38)25-12-10-22(11-13-25)21-8-6-20(18-35)7-9-21)16-27-29(19)33-17-28(31(32)36)30(27)34-23-4-3-5-24(15-23)39-2/h3-14,16-17,23,35H,15,18H2,1-2H3,(H2,32,36)(H,33,34). The number of aromatic nitrogens is 1. The van der Waals surface area contributed by atoms with E-state index < -0.39 is 15.7 Å². The molecule has 4 N–H and O–H groups in total. The monoisotopic (exact) mass is 555 g/mol. The molecule has 9 heteroatoms. The van der Waals surface area contributed by atoms with Gasteiger partial charge < -0.3 is 20.9 Å². The SMILES string of the molecule is COC1=CC=CC(Nc2c(C(N)=O)cnc3c(C)cc(S(=O)(=O)c4ccc(-c5ccc(CO)cc5)cc4)cc23)C1. The molecule has 1 aliphatic rings. The summed E-state index contributed by atoms with van der Waals surface area (Å²) in [6.07, 6.45) is 7.62. The Morgan fingerprint density at radius 1 is 1.07 bits per heavy atom. The first-order valence-electron chi connectivity index (χ1n) is 12.7. The van der Waals surface area contributed by atoms with Crippen LogP contribution in [0.2, 0.25) is 0 Å². The molecule has 40 heavy (non-hydrogen) atoms. The number of nitrogens with zero attached hydrogens (tertiary/aromatic N) is 1. The van der Waals surface area contributed by atoms with Crippen molar-refractivity contribution in [2.45, 2.75) is 35.8 Å². The van der Waals surface area contributed by atoms with E-state index in [9.17, 15) is 18.3 Å². The molecular formula is C31H29N3O5S. The summed E-state index contributed by atoms with van der Waals surface area (Å²) in [6, 6.07) is 17.0. The fraction of sp³-hybridized carbons (Fsp3) is 0.161. The van der Waals surface area contributed by atoms with Gasteiger partial charge in [0.1, 0.15) is 0 Å². The second kappa shape index (κ2) is 11.0. The minimum atomic E-state index is -3.91. The second-order valence-corrected chi connectivity index (χ2v) is 11.6. The van der Waals surface area contributed by atoms with E-state index in [1.165, 1.54) is 6.20 Å². The number of rotatable bonds is 8. The zero-order chi connectivity index (χ0) is 28.4. The Labute approximate surface area is 232 Å². The highest BCUT2D eigenvalue weighted by molar-refractivity contribution is 7.91. The van der Waals surface area contributed by atoms with Crippen LogP contribution in [-0.2, 0) is 21.2 Å². The van der Waals surface area contributed by atoms with Gasteiger partial charge in [-0.05, 0) is 59.5 Å². The van der Waals surface area contributed by atoms with Crippen molar-refractivity contribution in [1.82, 2.24) is 4.98 Å². The number of anilines is 1. The van der Waals surface area contributed by atoms with Crippen LogP contribution in [0.1, 0.15) is 27.9 Å². The lowest BCUT2D eigenvalue weighted by Gasteiger charge is -2.23. The maximum Gasteiger partial charge on any atom is 0.252 e. The number of methoxy groups -OCH3 is 1. The van der Waals surface area contributed by atoms with Crippen molar-refractivity contribution in [3.63, 3.8) is 0 Å². The Morgan fingerprint density at radius 3 is 2.38 bits per heavy atom. The number of fused-ring (bicyclic) bond motifs is 1. The Bertz CT molecular complexity index is 1760. The number of carbonyl (C=O) groups is 1. The van der Waals surface area contributed by atoms with Crippen molar-refractivity contribution < 1.29 is 23.1 Å². The van der Waals surface area contributed by atoms with Gasteiger partial charge in [0.25, 0.3) is 5.91 Å². The first-order chi connectivity index (χ1) is 19.2. The summed E-state index contributed by atoms with van der Waals surface area (Å²) < 4.78 is 32.9. The predicted molar refractivity (Wildman–Crippen MR) is 155 cm³/mol. The molecular weight excluding hydrogens is 526 g/mol. The molecule has 1 aliphatic carbocycles. The van der Waals surface area contributed by atoms with E-state index in [2.05, 4.69) is 10.3 Å². The molecule has 0 bridgehead atoms. The maximum absolute atomic E-state index is 13.8. The Balaban J connectivity index is 1.56. The third-order valence-electron chi connectivity index (χ3n) is 6.98. The Hall–Kier alpha value is -4.47. The van der Waals surface area contributed by atoms with Crippen LogP contribution in [0.4, 0.5) is 5.69 Å². The normalized spacial score (nSPS) is 15.1. The highest BCUT2D eigenvalue weighted by Gasteiger charge is 2.23. The fourth-order valence-corrected chi connectivity index (χ4v) is 6.17. The number of sulfone groups is 1. The van der Waals surface area contributed by atoms with Crippen molar-refractivity contribution in [1.29, 1.82) is 0 Å². The number of aryl methyl sites for hydroxylation is 1. The number of hydrogen-bond donors (Lipinski definition) is 3. The third-order valence-corrected chi connectivity index (χ3v) is 8.73. The Kier molecular flexibility index (Phi) is 7.42. The Morgan fingerprint density at radius 2 is 1.75 bits per heavy atom. The number of nitrogens with one attached hydrogen (secondary N) is 1. The molecule has 1 atom stereocenters. The molecule has 0 spiro atoms. The lowest BCUT2D eigenvalue weighted by molar-refractivity contribution is 0.100. The quantitative estimate of drug-likeness (QED) is 0.282. The number of amides is 1. The van der Waals surface area contributed by atoms with Crippen LogP contribution in [0.15, 0.2) is 101 Å². The molecule has 0 fully saturated rings. The topological polar surface area (TPSA) is 132 Å². The molecule has 0 radical (unpaired) electrons. The predicted octanol–water partition coefficient (Wildman–Crippen LogP) is 4.90. The smallest absolute Gasteiger partial charge is 0.252 e. The number of aliphatic hydroxyl groups is 1. The number of primary amides is 1. The van der Waals surface area contributed by atoms with Crippen molar-refractivity contribution in [3.8, 4) is 11.1 Å². The molecule has 1 heterocycles. The number of allylic oxidation sites excluding steroid dienone is 2. The molecule has 0 saturated heterocycles. The number of carbonyl (C=O) groups excluding carboxylic acids is 1. The first kappa shape index (κ1) is 27.1. The molecule has 204 valence electrons. The second-order valence-electron chi connectivity index (χ2n) is 9.61. The van der Waals surface area contributed by atoms with Crippen molar-refractivity contribution >= 4 is 32.3 Å². The summed E-state index contributed by atoms with van der Waals surface area (Å²) in [5.74, 6) is 0.0962. The van der Waals surface area contributed by atoms with E-state index in [0.717, 1.165) is 22.4 Å². The molecule has 3 aromatic carbocycles. The summed E-state index contributed by atoms with van der Waals surface area (Å²) in [7, 11) is -2.31. The number of pyridine rings is 1. The lowest BCUT2D eigenvalue weighted by Crippen LogP contribution is -2.23. The number of ether oxygens (including phenoxy) is 1. The highest BCUT2D eigenvalue weighted by atomic mass is 32.2. The van der Waals surface area contributed by atoms with Crippen LogP contribution >= 0.6 is 0 Å². The highest BCUT2D eigenvalue weighted by Crippen LogP contribution is 2.34. The van der Waals surface area contributed by atoms with E-state index in [1.54, 1.807) is 50.4 Å². The summed E-state index contributed by atoms with van der Waals surface area (Å²) in [4.78, 5) is 17.0. The van der Waals surface area contributed by atoms with Crippen molar-refractivity contribution in [3.05, 3.63) is 108 Å². The summed E-state index contributed by atoms with van der Waals surface area (Å²) in [5, 5.41) is 13.1. The minimum Gasteiger partial charge on any atom is -0.501 e. The molecule has 4 aromatic rings. The van der Waals surface area contributed by atoms with Gasteiger partial charge in [-0.25, -0.2) is 8.42 Å². The summed E-state index contributed by atoms with van der Waals surface area (Å²) >= 11 is 0. The van der Waals surface area contributed by atoms with Gasteiger partial charge in [-0.1, -0.05) is 48.6 Å². The van der Waals surface area contributed by atoms with Gasteiger partial charge in [0.05, 0.1) is 52.1 Å². The molecule has 0 saturated carbocycles. The average Bonchev–Trinajstić information content (AvgIpc) is 2.97. The van der Waals surface area contributed by atoms with Gasteiger partial charge in [-0.3, -0.25) is 9.78 Å². The largest absolute Gasteiger partial charge is 0.501 e. The van der Waals surface area contributed by atoms with Crippen molar-refractivity contribution in [2.24, 2.45) is 5.73 Å². The maximum atomic E-state index is 13.8. The molecule has 1 amide bonds. The van der Waals surface area contributed by atoms with Gasteiger partial charge in [0.2, 0.25) is 9.84 Å². The van der Waals surface area contributed by atoms with Gasteiger partial charge in [0, 0.05) is 18.0 Å². The number of hydrogen-bond acceptors (Lipinski definition) is 7. The van der Waals surface area contributed by atoms with Gasteiger partial charge >= 0.3 is 0 Å². The average molecular weight is 556 g/mol. The number of benzene rings is 3.